The highest BCUT2D eigenvalue weighted by molar-refractivity contribution is 6.34. The lowest BCUT2D eigenvalue weighted by Gasteiger charge is -2.12. The van der Waals surface area contributed by atoms with Gasteiger partial charge < -0.3 is 4.42 Å². The van der Waals surface area contributed by atoms with Gasteiger partial charge in [0.2, 0.25) is 0 Å². The third-order valence-electron chi connectivity index (χ3n) is 4.76. The van der Waals surface area contributed by atoms with E-state index < -0.39 is 0 Å². The zero-order valence-corrected chi connectivity index (χ0v) is 14.7. The van der Waals surface area contributed by atoms with Gasteiger partial charge in [0.15, 0.2) is 0 Å². The van der Waals surface area contributed by atoms with Crippen molar-refractivity contribution < 1.29 is 4.42 Å². The van der Waals surface area contributed by atoms with E-state index in [1.54, 1.807) is 0 Å². The topological polar surface area (TPSA) is 13.1 Å². The molecule has 0 bridgehead atoms. The molecule has 0 unspecified atom stereocenters. The first kappa shape index (κ1) is 15.2. The van der Waals surface area contributed by atoms with Crippen LogP contribution in [0.4, 0.5) is 0 Å². The predicted molar refractivity (Wildman–Crippen MR) is 110 cm³/mol. The number of hydrogen-bond acceptors (Lipinski definition) is 1. The van der Waals surface area contributed by atoms with Gasteiger partial charge in [0.1, 0.15) is 11.2 Å². The summed E-state index contributed by atoms with van der Waals surface area (Å²) >= 11 is 6.59. The maximum absolute atomic E-state index is 6.59. The van der Waals surface area contributed by atoms with Crippen LogP contribution in [0.1, 0.15) is 0 Å². The summed E-state index contributed by atoms with van der Waals surface area (Å²) in [5, 5.41) is 3.01. The van der Waals surface area contributed by atoms with Crippen molar-refractivity contribution in [2.45, 2.75) is 0 Å². The first-order valence-corrected chi connectivity index (χ1v) is 8.95. The Bertz CT molecular complexity index is 1240. The molecule has 26 heavy (non-hydrogen) atoms. The van der Waals surface area contributed by atoms with Crippen molar-refractivity contribution in [1.29, 1.82) is 0 Å². The summed E-state index contributed by atoms with van der Waals surface area (Å²) in [5.41, 5.74) is 6.24. The summed E-state index contributed by atoms with van der Waals surface area (Å²) in [6.07, 6.45) is 0. The third-order valence-corrected chi connectivity index (χ3v) is 5.08. The maximum Gasteiger partial charge on any atom is 0.135 e. The molecular weight excluding hydrogens is 340 g/mol. The van der Waals surface area contributed by atoms with E-state index in [0.29, 0.717) is 0 Å². The van der Waals surface area contributed by atoms with Gasteiger partial charge in [0, 0.05) is 21.4 Å². The number of fused-ring (bicyclic) bond motifs is 3. The van der Waals surface area contributed by atoms with Crippen LogP contribution in [-0.2, 0) is 0 Å². The van der Waals surface area contributed by atoms with Gasteiger partial charge in [-0.25, -0.2) is 0 Å². The molecule has 4 aromatic carbocycles. The van der Waals surface area contributed by atoms with Crippen molar-refractivity contribution >= 4 is 33.5 Å². The second-order valence-electron chi connectivity index (χ2n) is 6.34. The highest BCUT2D eigenvalue weighted by Gasteiger charge is 2.13. The predicted octanol–water partition coefficient (Wildman–Crippen LogP) is 7.57. The molecule has 0 radical (unpaired) electrons. The summed E-state index contributed by atoms with van der Waals surface area (Å²) in [6, 6.07) is 30.8. The Kier molecular flexibility index (Phi) is 3.55. The van der Waals surface area contributed by atoms with Crippen molar-refractivity contribution in [2.75, 3.05) is 0 Å². The molecule has 0 fully saturated rings. The lowest BCUT2D eigenvalue weighted by molar-refractivity contribution is 0.669. The van der Waals surface area contributed by atoms with E-state index in [1.807, 2.05) is 54.6 Å². The molecule has 0 atom stereocenters. The smallest absolute Gasteiger partial charge is 0.135 e. The van der Waals surface area contributed by atoms with Crippen LogP contribution in [0.25, 0.3) is 44.2 Å². The van der Waals surface area contributed by atoms with E-state index in [0.717, 1.165) is 49.2 Å². The monoisotopic (exact) mass is 354 g/mol. The van der Waals surface area contributed by atoms with E-state index in [-0.39, 0.29) is 0 Å². The molecule has 1 heterocycles. The third kappa shape index (κ3) is 2.40. The molecular formula is C24H15ClO. The molecule has 0 N–H and O–H groups in total. The molecule has 124 valence electrons. The molecule has 1 nitrogen and oxygen atoms in total. The molecule has 0 amide bonds. The normalized spacial score (nSPS) is 11.3. The maximum atomic E-state index is 6.59. The number of furan rings is 1. The van der Waals surface area contributed by atoms with Gasteiger partial charge in [0.05, 0.1) is 0 Å². The summed E-state index contributed by atoms with van der Waals surface area (Å²) in [4.78, 5) is 0. The lowest BCUT2D eigenvalue weighted by atomic mass is 9.93. The van der Waals surface area contributed by atoms with E-state index in [1.165, 1.54) is 0 Å². The molecule has 1 aromatic heterocycles. The minimum Gasteiger partial charge on any atom is -0.456 e. The molecule has 2 heteroatoms. The Balaban J connectivity index is 1.78. The fourth-order valence-corrected chi connectivity index (χ4v) is 3.84. The van der Waals surface area contributed by atoms with Crippen LogP contribution < -0.4 is 0 Å². The molecule has 0 aliphatic rings. The van der Waals surface area contributed by atoms with E-state index in [4.69, 9.17) is 16.0 Å². The average molecular weight is 355 g/mol. The Morgan fingerprint density at radius 3 is 2.23 bits per heavy atom. The van der Waals surface area contributed by atoms with Gasteiger partial charge in [-0.15, -0.1) is 0 Å². The van der Waals surface area contributed by atoms with Gasteiger partial charge in [0.25, 0.3) is 0 Å². The van der Waals surface area contributed by atoms with Crippen molar-refractivity contribution in [3.8, 4) is 22.3 Å². The van der Waals surface area contributed by atoms with Gasteiger partial charge in [-0.05, 0) is 41.0 Å². The standard InChI is InChI=1S/C24H15ClO/c25-21-11-6-10-18(24(21)16-7-2-1-3-8-16)17-13-14-23-20(15-17)19-9-4-5-12-22(19)26-23/h1-15H. The Morgan fingerprint density at radius 2 is 1.35 bits per heavy atom. The summed E-state index contributed by atoms with van der Waals surface area (Å²) in [7, 11) is 0. The van der Waals surface area contributed by atoms with Gasteiger partial charge in [-0.3, -0.25) is 0 Å². The SMILES string of the molecule is Clc1cccc(-c2ccc3oc4ccccc4c3c2)c1-c1ccccc1. The molecule has 0 saturated carbocycles. The van der Waals surface area contributed by atoms with Crippen molar-refractivity contribution in [3.05, 3.63) is 96.0 Å². The number of halogens is 1. The number of rotatable bonds is 2. The second-order valence-corrected chi connectivity index (χ2v) is 6.74. The van der Waals surface area contributed by atoms with Crippen molar-refractivity contribution in [2.24, 2.45) is 0 Å². The second kappa shape index (κ2) is 6.05. The number of hydrogen-bond donors (Lipinski definition) is 0. The summed E-state index contributed by atoms with van der Waals surface area (Å²) < 4.78 is 5.96. The molecule has 0 saturated heterocycles. The zero-order chi connectivity index (χ0) is 17.5. The Morgan fingerprint density at radius 1 is 0.577 bits per heavy atom. The van der Waals surface area contributed by atoms with Crippen LogP contribution in [0.2, 0.25) is 5.02 Å². The highest BCUT2D eigenvalue weighted by Crippen LogP contribution is 2.39. The van der Waals surface area contributed by atoms with Crippen LogP contribution >= 0.6 is 11.6 Å². The van der Waals surface area contributed by atoms with Crippen LogP contribution in [-0.4, -0.2) is 0 Å². The number of para-hydroxylation sites is 1. The van der Waals surface area contributed by atoms with Crippen LogP contribution in [0, 0.1) is 0 Å². The molecule has 5 aromatic rings. The van der Waals surface area contributed by atoms with E-state index in [2.05, 4.69) is 36.4 Å². The minimum absolute atomic E-state index is 0.755. The van der Waals surface area contributed by atoms with Gasteiger partial charge >= 0.3 is 0 Å². The van der Waals surface area contributed by atoms with E-state index >= 15 is 0 Å². The van der Waals surface area contributed by atoms with E-state index in [9.17, 15) is 0 Å². The fourth-order valence-electron chi connectivity index (χ4n) is 3.56. The first-order valence-electron chi connectivity index (χ1n) is 8.57. The Labute approximate surface area is 156 Å². The molecule has 0 spiro atoms. The van der Waals surface area contributed by atoms with Crippen molar-refractivity contribution in [1.82, 2.24) is 0 Å². The van der Waals surface area contributed by atoms with Crippen LogP contribution in [0.3, 0.4) is 0 Å². The molecule has 0 aliphatic carbocycles. The minimum atomic E-state index is 0.755. The van der Waals surface area contributed by atoms with Crippen LogP contribution in [0.5, 0.6) is 0 Å². The van der Waals surface area contributed by atoms with Crippen molar-refractivity contribution in [3.63, 3.8) is 0 Å². The quantitative estimate of drug-likeness (QED) is 0.318. The first-order chi connectivity index (χ1) is 12.8. The Hall–Kier alpha value is -3.03. The molecule has 0 aliphatic heterocycles. The van der Waals surface area contributed by atoms with Gasteiger partial charge in [-0.2, -0.15) is 0 Å². The largest absolute Gasteiger partial charge is 0.456 e. The zero-order valence-electron chi connectivity index (χ0n) is 13.9. The highest BCUT2D eigenvalue weighted by atomic mass is 35.5. The summed E-state index contributed by atoms with van der Waals surface area (Å²) in [6.45, 7) is 0. The lowest BCUT2D eigenvalue weighted by Crippen LogP contribution is -1.86. The van der Waals surface area contributed by atoms with Crippen LogP contribution in [0.15, 0.2) is 95.4 Å². The average Bonchev–Trinajstić information content (AvgIpc) is 3.06. The fraction of sp³-hybridized carbons (Fsp3) is 0. The number of benzene rings is 4. The van der Waals surface area contributed by atoms with Gasteiger partial charge in [-0.1, -0.05) is 78.3 Å². The molecule has 5 rings (SSSR count). The summed E-state index contributed by atoms with van der Waals surface area (Å²) in [5.74, 6) is 0.